The van der Waals surface area contributed by atoms with Gasteiger partial charge in [-0.25, -0.2) is 0 Å². The number of rotatable bonds is 2. The molecule has 0 atom stereocenters. The zero-order chi connectivity index (χ0) is 15.6. The summed E-state index contributed by atoms with van der Waals surface area (Å²) in [7, 11) is 0. The molecule has 1 N–H and O–H groups in total. The minimum atomic E-state index is 0. The van der Waals surface area contributed by atoms with E-state index in [0.29, 0.717) is 5.92 Å². The van der Waals surface area contributed by atoms with Crippen LogP contribution in [0.1, 0.15) is 45.8 Å². The van der Waals surface area contributed by atoms with Gasteiger partial charge in [-0.15, -0.1) is 12.4 Å². The Bertz CT molecular complexity index is 709. The number of benzene rings is 2. The van der Waals surface area contributed by atoms with Crippen LogP contribution in [0.5, 0.6) is 0 Å². The Balaban J connectivity index is 0.00000169. The van der Waals surface area contributed by atoms with Crippen LogP contribution in [0.3, 0.4) is 0 Å². The lowest BCUT2D eigenvalue weighted by molar-refractivity contribution is 0.0713. The van der Waals surface area contributed by atoms with Gasteiger partial charge in [0.2, 0.25) is 0 Å². The van der Waals surface area contributed by atoms with Gasteiger partial charge in [0.05, 0.1) is 0 Å². The first-order chi connectivity index (χ1) is 11.3. The average Bonchev–Trinajstić information content (AvgIpc) is 3.10. The van der Waals surface area contributed by atoms with Crippen LogP contribution < -0.4 is 5.32 Å². The number of carbonyl (C=O) groups excluding carboxylic acids is 1. The number of nitrogens with zero attached hydrogens (tertiary/aromatic N) is 1. The maximum absolute atomic E-state index is 12.7. The summed E-state index contributed by atoms with van der Waals surface area (Å²) in [5, 5.41) is 3.33. The van der Waals surface area contributed by atoms with Gasteiger partial charge in [0.25, 0.3) is 5.91 Å². The highest BCUT2D eigenvalue weighted by molar-refractivity contribution is 5.94. The number of halogens is 1. The lowest BCUT2D eigenvalue weighted by Gasteiger charge is -2.32. The zero-order valence-electron chi connectivity index (χ0n) is 13.7. The van der Waals surface area contributed by atoms with Gasteiger partial charge in [0, 0.05) is 31.7 Å². The van der Waals surface area contributed by atoms with Crippen molar-refractivity contribution >= 4 is 18.3 Å². The molecule has 24 heavy (non-hydrogen) atoms. The second-order valence-corrected chi connectivity index (χ2v) is 6.56. The summed E-state index contributed by atoms with van der Waals surface area (Å²) in [4.78, 5) is 14.8. The monoisotopic (exact) mass is 342 g/mol. The predicted octanol–water partition coefficient (Wildman–Crippen LogP) is 3.73. The molecule has 4 heteroatoms. The van der Waals surface area contributed by atoms with Crippen molar-refractivity contribution in [2.24, 2.45) is 0 Å². The number of likely N-dealkylation sites (tertiary alicyclic amines) is 1. The molecule has 4 rings (SSSR count). The Kier molecular flexibility index (Phi) is 5.22. The standard InChI is InChI=1S/C20H22N2O.ClH/c23-20(17-6-7-18-13-21-14-19(18)12-17)22-10-8-16(9-11-22)15-4-2-1-3-5-15;/h1-7,12,16,21H,8-11,13-14H2;1H. The molecular formula is C20H23ClN2O. The molecule has 0 saturated carbocycles. The number of piperidine rings is 1. The summed E-state index contributed by atoms with van der Waals surface area (Å²) in [5.41, 5.74) is 4.84. The van der Waals surface area contributed by atoms with Gasteiger partial charge in [-0.3, -0.25) is 4.79 Å². The minimum absolute atomic E-state index is 0. The molecule has 1 amide bonds. The third kappa shape index (κ3) is 3.33. The molecule has 1 fully saturated rings. The molecule has 0 spiro atoms. The fraction of sp³-hybridized carbons (Fsp3) is 0.350. The Labute approximate surface area is 149 Å². The smallest absolute Gasteiger partial charge is 0.253 e. The van der Waals surface area contributed by atoms with E-state index >= 15 is 0 Å². The molecule has 2 heterocycles. The first-order valence-electron chi connectivity index (χ1n) is 8.48. The van der Waals surface area contributed by atoms with Crippen molar-refractivity contribution in [1.82, 2.24) is 10.2 Å². The van der Waals surface area contributed by atoms with Crippen LogP contribution >= 0.6 is 12.4 Å². The average molecular weight is 343 g/mol. The molecule has 2 aliphatic rings. The van der Waals surface area contributed by atoms with Crippen molar-refractivity contribution in [3.05, 3.63) is 70.8 Å². The third-order valence-electron chi connectivity index (χ3n) is 5.14. The van der Waals surface area contributed by atoms with Crippen molar-refractivity contribution in [3.8, 4) is 0 Å². The van der Waals surface area contributed by atoms with Gasteiger partial charge < -0.3 is 10.2 Å². The second kappa shape index (κ2) is 7.37. The molecule has 2 aromatic rings. The number of hydrogen-bond acceptors (Lipinski definition) is 2. The van der Waals surface area contributed by atoms with E-state index in [0.717, 1.165) is 44.6 Å². The van der Waals surface area contributed by atoms with Crippen molar-refractivity contribution < 1.29 is 4.79 Å². The molecule has 126 valence electrons. The summed E-state index contributed by atoms with van der Waals surface area (Å²) in [6, 6.07) is 16.8. The largest absolute Gasteiger partial charge is 0.339 e. The van der Waals surface area contributed by atoms with E-state index in [1.807, 2.05) is 11.0 Å². The topological polar surface area (TPSA) is 32.3 Å². The summed E-state index contributed by atoms with van der Waals surface area (Å²) >= 11 is 0. The molecule has 0 unspecified atom stereocenters. The van der Waals surface area contributed by atoms with Crippen LogP contribution in [0.15, 0.2) is 48.5 Å². The van der Waals surface area contributed by atoms with Gasteiger partial charge in [-0.1, -0.05) is 36.4 Å². The van der Waals surface area contributed by atoms with E-state index in [4.69, 9.17) is 0 Å². The van der Waals surface area contributed by atoms with Crippen molar-refractivity contribution in [2.45, 2.75) is 31.8 Å². The molecular weight excluding hydrogens is 320 g/mol. The lowest BCUT2D eigenvalue weighted by Crippen LogP contribution is -2.37. The van der Waals surface area contributed by atoms with Crippen LogP contribution in [0.25, 0.3) is 0 Å². The number of amides is 1. The van der Waals surface area contributed by atoms with E-state index in [1.165, 1.54) is 16.7 Å². The molecule has 0 bridgehead atoms. The van der Waals surface area contributed by atoms with E-state index < -0.39 is 0 Å². The van der Waals surface area contributed by atoms with Crippen LogP contribution in [-0.4, -0.2) is 23.9 Å². The molecule has 0 aromatic heterocycles. The summed E-state index contributed by atoms with van der Waals surface area (Å²) < 4.78 is 0. The summed E-state index contributed by atoms with van der Waals surface area (Å²) in [5.74, 6) is 0.774. The molecule has 1 saturated heterocycles. The molecule has 0 aliphatic carbocycles. The van der Waals surface area contributed by atoms with Gasteiger partial charge in [-0.2, -0.15) is 0 Å². The highest BCUT2D eigenvalue weighted by Gasteiger charge is 2.25. The Morgan fingerprint density at radius 3 is 2.42 bits per heavy atom. The Morgan fingerprint density at radius 1 is 0.958 bits per heavy atom. The normalized spacial score (nSPS) is 17.2. The maximum atomic E-state index is 12.7. The Hall–Kier alpha value is -1.84. The summed E-state index contributed by atoms with van der Waals surface area (Å²) in [6.45, 7) is 3.51. The predicted molar refractivity (Wildman–Crippen MR) is 98.6 cm³/mol. The van der Waals surface area contributed by atoms with E-state index in [9.17, 15) is 4.79 Å². The first kappa shape index (κ1) is 17.0. The Morgan fingerprint density at radius 2 is 1.67 bits per heavy atom. The van der Waals surface area contributed by atoms with Crippen LogP contribution in [0.2, 0.25) is 0 Å². The molecule has 3 nitrogen and oxygen atoms in total. The van der Waals surface area contributed by atoms with Crippen LogP contribution in [-0.2, 0) is 13.1 Å². The van der Waals surface area contributed by atoms with E-state index in [1.54, 1.807) is 0 Å². The second-order valence-electron chi connectivity index (χ2n) is 6.56. The lowest BCUT2D eigenvalue weighted by atomic mass is 9.89. The van der Waals surface area contributed by atoms with Crippen LogP contribution in [0.4, 0.5) is 0 Å². The van der Waals surface area contributed by atoms with Crippen molar-refractivity contribution in [2.75, 3.05) is 13.1 Å². The third-order valence-corrected chi connectivity index (χ3v) is 5.14. The van der Waals surface area contributed by atoms with Gasteiger partial charge in [0.15, 0.2) is 0 Å². The zero-order valence-corrected chi connectivity index (χ0v) is 14.5. The highest BCUT2D eigenvalue weighted by atomic mass is 35.5. The molecule has 2 aromatic carbocycles. The quantitative estimate of drug-likeness (QED) is 0.901. The minimum Gasteiger partial charge on any atom is -0.339 e. The van der Waals surface area contributed by atoms with E-state index in [2.05, 4.69) is 47.8 Å². The van der Waals surface area contributed by atoms with E-state index in [-0.39, 0.29) is 18.3 Å². The van der Waals surface area contributed by atoms with Gasteiger partial charge in [0.1, 0.15) is 0 Å². The number of fused-ring (bicyclic) bond motifs is 1. The number of hydrogen-bond donors (Lipinski definition) is 1. The maximum Gasteiger partial charge on any atom is 0.253 e. The van der Waals surface area contributed by atoms with Crippen LogP contribution in [0, 0.1) is 0 Å². The van der Waals surface area contributed by atoms with Crippen molar-refractivity contribution in [1.29, 1.82) is 0 Å². The number of carbonyl (C=O) groups is 1. The number of nitrogens with one attached hydrogen (secondary N) is 1. The molecule has 0 radical (unpaired) electrons. The fourth-order valence-electron chi connectivity index (χ4n) is 3.75. The fourth-order valence-corrected chi connectivity index (χ4v) is 3.75. The SMILES string of the molecule is Cl.O=C(c1ccc2c(c1)CNC2)N1CCC(c2ccccc2)CC1. The molecule has 2 aliphatic heterocycles. The van der Waals surface area contributed by atoms with Gasteiger partial charge in [-0.05, 0) is 47.6 Å². The van der Waals surface area contributed by atoms with Gasteiger partial charge >= 0.3 is 0 Å². The highest BCUT2D eigenvalue weighted by Crippen LogP contribution is 2.28. The summed E-state index contributed by atoms with van der Waals surface area (Å²) in [6.07, 6.45) is 2.12. The first-order valence-corrected chi connectivity index (χ1v) is 8.48. The van der Waals surface area contributed by atoms with Crippen molar-refractivity contribution in [3.63, 3.8) is 0 Å².